The molecule has 6 nitrogen and oxygen atoms in total. The molecule has 1 fully saturated rings. The number of hydrogen-bond acceptors (Lipinski definition) is 5. The summed E-state index contributed by atoms with van der Waals surface area (Å²) in [6.45, 7) is 1.35. The van der Waals surface area contributed by atoms with Crippen LogP contribution in [0.5, 0.6) is 0 Å². The van der Waals surface area contributed by atoms with Crippen molar-refractivity contribution >= 4 is 11.4 Å². The Hall–Kier alpha value is -1.69. The minimum Gasteiger partial charge on any atom is -0.362 e. The van der Waals surface area contributed by atoms with Crippen molar-refractivity contribution in [3.8, 4) is 0 Å². The smallest absolute Gasteiger partial charge is 0.310 e. The highest BCUT2D eigenvalue weighted by Gasteiger charge is 2.26. The third-order valence-electron chi connectivity index (χ3n) is 3.18. The van der Waals surface area contributed by atoms with Crippen LogP contribution in [-0.4, -0.2) is 29.0 Å². The summed E-state index contributed by atoms with van der Waals surface area (Å²) in [7, 11) is 0. The van der Waals surface area contributed by atoms with Crippen molar-refractivity contribution in [1.82, 2.24) is 4.98 Å². The van der Waals surface area contributed by atoms with E-state index in [-0.39, 0.29) is 16.7 Å². The monoisotopic (exact) mass is 236 g/mol. The number of hydrogen-bond donors (Lipinski definition) is 1. The van der Waals surface area contributed by atoms with E-state index in [1.807, 2.05) is 4.90 Å². The molecule has 1 saturated heterocycles. The summed E-state index contributed by atoms with van der Waals surface area (Å²) in [4.78, 5) is 16.4. The molecule has 1 aliphatic rings. The number of aromatic nitrogens is 1. The van der Waals surface area contributed by atoms with Crippen LogP contribution in [0.1, 0.15) is 19.3 Å². The fourth-order valence-electron chi connectivity index (χ4n) is 2.33. The molecule has 1 atom stereocenters. The third-order valence-corrected chi connectivity index (χ3v) is 3.18. The molecular weight excluding hydrogens is 220 g/mol. The zero-order chi connectivity index (χ0) is 12.3. The van der Waals surface area contributed by atoms with Crippen LogP contribution in [0.25, 0.3) is 0 Å². The Morgan fingerprint density at radius 1 is 1.59 bits per heavy atom. The molecule has 1 unspecified atom stereocenters. The molecular formula is C11H16N4O2. The lowest BCUT2D eigenvalue weighted by atomic mass is 10.0. The van der Waals surface area contributed by atoms with Crippen molar-refractivity contribution in [3.05, 3.63) is 28.6 Å². The van der Waals surface area contributed by atoms with Crippen LogP contribution in [0.4, 0.5) is 11.4 Å². The Labute approximate surface area is 99.6 Å². The van der Waals surface area contributed by atoms with E-state index in [1.165, 1.54) is 6.20 Å². The molecule has 0 radical (unpaired) electrons. The molecule has 1 aliphatic heterocycles. The summed E-state index contributed by atoms with van der Waals surface area (Å²) in [5.74, 6) is 0. The first-order chi connectivity index (χ1) is 8.24. The van der Waals surface area contributed by atoms with Crippen molar-refractivity contribution in [2.45, 2.75) is 25.3 Å². The molecule has 17 heavy (non-hydrogen) atoms. The van der Waals surface area contributed by atoms with Crippen molar-refractivity contribution in [1.29, 1.82) is 0 Å². The second-order valence-corrected chi connectivity index (χ2v) is 4.20. The van der Waals surface area contributed by atoms with Crippen molar-refractivity contribution in [2.24, 2.45) is 5.73 Å². The lowest BCUT2D eigenvalue weighted by Crippen LogP contribution is -2.44. The minimum atomic E-state index is -0.384. The fraction of sp³-hybridized carbons (Fsp3) is 0.545. The predicted octanol–water partition coefficient (Wildman–Crippen LogP) is 1.31. The molecule has 1 aromatic heterocycles. The van der Waals surface area contributed by atoms with Gasteiger partial charge in [-0.1, -0.05) is 0 Å². The third kappa shape index (κ3) is 2.36. The summed E-state index contributed by atoms with van der Waals surface area (Å²) >= 11 is 0. The Morgan fingerprint density at radius 3 is 3.12 bits per heavy atom. The van der Waals surface area contributed by atoms with Gasteiger partial charge in [0, 0.05) is 25.3 Å². The van der Waals surface area contributed by atoms with Crippen molar-refractivity contribution < 1.29 is 4.92 Å². The van der Waals surface area contributed by atoms with Gasteiger partial charge in [-0.3, -0.25) is 15.1 Å². The van der Waals surface area contributed by atoms with E-state index in [9.17, 15) is 10.1 Å². The highest BCUT2D eigenvalue weighted by atomic mass is 16.6. The van der Waals surface area contributed by atoms with E-state index in [0.29, 0.717) is 12.2 Å². The molecule has 0 aromatic carbocycles. The first-order valence-corrected chi connectivity index (χ1v) is 5.79. The maximum Gasteiger partial charge on any atom is 0.310 e. The first-order valence-electron chi connectivity index (χ1n) is 5.79. The molecule has 0 bridgehead atoms. The number of piperidine rings is 1. The number of nitrogens with zero attached hydrogens (tertiary/aromatic N) is 3. The molecule has 0 amide bonds. The molecule has 92 valence electrons. The molecule has 0 aliphatic carbocycles. The van der Waals surface area contributed by atoms with Crippen LogP contribution in [0.2, 0.25) is 0 Å². The minimum absolute atomic E-state index is 0.0628. The molecule has 6 heteroatoms. The molecule has 2 rings (SSSR count). The topological polar surface area (TPSA) is 85.3 Å². The largest absolute Gasteiger partial charge is 0.362 e. The maximum absolute atomic E-state index is 11.0. The summed E-state index contributed by atoms with van der Waals surface area (Å²) in [6, 6.07) is 1.90. The molecule has 2 heterocycles. The molecule has 0 saturated carbocycles. The van der Waals surface area contributed by atoms with Crippen LogP contribution >= 0.6 is 0 Å². The second-order valence-electron chi connectivity index (χ2n) is 4.20. The number of nitrogens with two attached hydrogens (primary N) is 1. The van der Waals surface area contributed by atoms with Gasteiger partial charge in [0.25, 0.3) is 0 Å². The Morgan fingerprint density at radius 2 is 2.41 bits per heavy atom. The van der Waals surface area contributed by atoms with Crippen molar-refractivity contribution in [3.63, 3.8) is 0 Å². The van der Waals surface area contributed by atoms with Crippen LogP contribution in [-0.2, 0) is 0 Å². The number of anilines is 1. The first kappa shape index (κ1) is 11.8. The standard InChI is InChI=1S/C11H16N4O2/c12-7-9-3-1-2-6-14(9)10-4-5-13-8-11(10)15(16)17/h4-5,8-9H,1-3,6-7,12H2. The highest BCUT2D eigenvalue weighted by molar-refractivity contribution is 5.62. The molecule has 1 aromatic rings. The quantitative estimate of drug-likeness (QED) is 0.631. The van der Waals surface area contributed by atoms with Crippen LogP contribution < -0.4 is 10.6 Å². The normalized spacial score (nSPS) is 20.3. The predicted molar refractivity (Wildman–Crippen MR) is 64.9 cm³/mol. The van der Waals surface area contributed by atoms with Gasteiger partial charge in [0.1, 0.15) is 11.9 Å². The van der Waals surface area contributed by atoms with Gasteiger partial charge in [0.2, 0.25) is 0 Å². The lowest BCUT2D eigenvalue weighted by molar-refractivity contribution is -0.384. The van der Waals surface area contributed by atoms with Gasteiger partial charge in [0.15, 0.2) is 0 Å². The van der Waals surface area contributed by atoms with E-state index in [1.54, 1.807) is 12.3 Å². The zero-order valence-electron chi connectivity index (χ0n) is 9.58. The SMILES string of the molecule is NCC1CCCCN1c1ccncc1[N+](=O)[O-]. The van der Waals surface area contributed by atoms with E-state index < -0.39 is 0 Å². The van der Waals surface area contributed by atoms with E-state index in [0.717, 1.165) is 25.8 Å². The lowest BCUT2D eigenvalue weighted by Gasteiger charge is -2.36. The Kier molecular flexibility index (Phi) is 3.53. The summed E-state index contributed by atoms with van der Waals surface area (Å²) < 4.78 is 0. The summed E-state index contributed by atoms with van der Waals surface area (Å²) in [5, 5.41) is 11.0. The van der Waals surface area contributed by atoms with Gasteiger partial charge in [-0.15, -0.1) is 0 Å². The number of nitro groups is 1. The highest BCUT2D eigenvalue weighted by Crippen LogP contribution is 2.31. The van der Waals surface area contributed by atoms with Crippen LogP contribution in [0, 0.1) is 10.1 Å². The Bertz CT molecular complexity index is 410. The van der Waals surface area contributed by atoms with Gasteiger partial charge in [-0.25, -0.2) is 0 Å². The van der Waals surface area contributed by atoms with Crippen molar-refractivity contribution in [2.75, 3.05) is 18.0 Å². The Balaban J connectivity index is 2.34. The van der Waals surface area contributed by atoms with Crippen LogP contribution in [0.3, 0.4) is 0 Å². The number of rotatable bonds is 3. The summed E-state index contributed by atoms with van der Waals surface area (Å²) in [5.41, 5.74) is 6.43. The zero-order valence-corrected chi connectivity index (χ0v) is 9.58. The van der Waals surface area contributed by atoms with Crippen LogP contribution in [0.15, 0.2) is 18.5 Å². The van der Waals surface area contributed by atoms with E-state index in [2.05, 4.69) is 4.98 Å². The van der Waals surface area contributed by atoms with Gasteiger partial charge >= 0.3 is 5.69 Å². The van der Waals surface area contributed by atoms with Gasteiger partial charge < -0.3 is 10.6 Å². The molecule has 0 spiro atoms. The summed E-state index contributed by atoms with van der Waals surface area (Å²) in [6.07, 6.45) is 6.07. The average Bonchev–Trinajstić information content (AvgIpc) is 2.38. The second kappa shape index (κ2) is 5.09. The van der Waals surface area contributed by atoms with Gasteiger partial charge in [-0.05, 0) is 25.3 Å². The fourth-order valence-corrected chi connectivity index (χ4v) is 2.33. The van der Waals surface area contributed by atoms with Gasteiger partial charge in [0.05, 0.1) is 4.92 Å². The molecule has 2 N–H and O–H groups in total. The van der Waals surface area contributed by atoms with E-state index >= 15 is 0 Å². The van der Waals surface area contributed by atoms with Gasteiger partial charge in [-0.2, -0.15) is 0 Å². The average molecular weight is 236 g/mol. The van der Waals surface area contributed by atoms with E-state index in [4.69, 9.17) is 5.73 Å². The maximum atomic E-state index is 11.0. The number of pyridine rings is 1.